The number of halogens is 1. The third-order valence-corrected chi connectivity index (χ3v) is 6.77. The van der Waals surface area contributed by atoms with Crippen molar-refractivity contribution < 1.29 is 9.59 Å². The molecule has 9 heteroatoms. The number of hydrogen-bond donors (Lipinski definition) is 2. The van der Waals surface area contributed by atoms with E-state index in [1.54, 1.807) is 11.0 Å². The van der Waals surface area contributed by atoms with E-state index in [1.165, 1.54) is 11.3 Å². The van der Waals surface area contributed by atoms with E-state index in [9.17, 15) is 9.59 Å². The predicted octanol–water partition coefficient (Wildman–Crippen LogP) is 5.47. The molecule has 32 heavy (non-hydrogen) atoms. The Bertz CT molecular complexity index is 1130. The minimum absolute atomic E-state index is 0.0430. The number of piperidine rings is 1. The molecular weight excluding hydrogens is 446 g/mol. The number of nitrogens with zero attached hydrogens (tertiary/aromatic N) is 3. The minimum atomic E-state index is -0.281. The van der Waals surface area contributed by atoms with E-state index < -0.39 is 0 Å². The average Bonchev–Trinajstić information content (AvgIpc) is 3.28. The van der Waals surface area contributed by atoms with Crippen molar-refractivity contribution in [2.45, 2.75) is 32.6 Å². The normalized spacial score (nSPS) is 16.0. The highest BCUT2D eigenvalue weighted by atomic mass is 35.5. The Balaban J connectivity index is 1.39. The van der Waals surface area contributed by atoms with Crippen molar-refractivity contribution in [3.63, 3.8) is 0 Å². The number of urea groups is 1. The van der Waals surface area contributed by atoms with E-state index >= 15 is 0 Å². The number of likely N-dealkylation sites (tertiary alicyclic amines) is 1. The zero-order valence-corrected chi connectivity index (χ0v) is 19.5. The van der Waals surface area contributed by atoms with Crippen LogP contribution in [0.5, 0.6) is 0 Å². The van der Waals surface area contributed by atoms with Crippen LogP contribution in [-0.4, -0.2) is 40.1 Å². The number of hydrogen-bond acceptors (Lipinski definition) is 5. The molecule has 4 rings (SSSR count). The molecule has 2 heterocycles. The summed E-state index contributed by atoms with van der Waals surface area (Å²) >= 11 is 7.53. The summed E-state index contributed by atoms with van der Waals surface area (Å²) in [7, 11) is 0. The van der Waals surface area contributed by atoms with Gasteiger partial charge in [0.25, 0.3) is 5.91 Å². The fraction of sp³-hybridized carbons (Fsp3) is 0.304. The fourth-order valence-corrected chi connectivity index (χ4v) is 4.74. The van der Waals surface area contributed by atoms with Gasteiger partial charge >= 0.3 is 6.03 Å². The maximum atomic E-state index is 12.8. The molecule has 0 saturated carbocycles. The monoisotopic (exact) mass is 469 g/mol. The van der Waals surface area contributed by atoms with Crippen LogP contribution in [0.15, 0.2) is 42.5 Å². The molecule has 166 valence electrons. The number of anilines is 2. The second kappa shape index (κ2) is 9.67. The molecule has 0 unspecified atom stereocenters. The molecule has 1 saturated heterocycles. The number of nitrogens with one attached hydrogen (secondary N) is 2. The second-order valence-electron chi connectivity index (χ2n) is 7.96. The van der Waals surface area contributed by atoms with E-state index in [0.717, 1.165) is 29.0 Å². The third-order valence-electron chi connectivity index (χ3n) is 5.37. The summed E-state index contributed by atoms with van der Waals surface area (Å²) in [5, 5.41) is 15.7. The molecule has 1 atom stereocenters. The number of benzene rings is 2. The van der Waals surface area contributed by atoms with Crippen LogP contribution in [-0.2, 0) is 0 Å². The van der Waals surface area contributed by atoms with Gasteiger partial charge in [-0.25, -0.2) is 4.79 Å². The molecule has 0 spiro atoms. The van der Waals surface area contributed by atoms with Crippen LogP contribution >= 0.6 is 22.9 Å². The van der Waals surface area contributed by atoms with Crippen molar-refractivity contribution in [2.75, 3.05) is 23.7 Å². The Morgan fingerprint density at radius 2 is 1.81 bits per heavy atom. The van der Waals surface area contributed by atoms with Crippen LogP contribution in [0.1, 0.15) is 44.7 Å². The molecule has 1 aromatic heterocycles. The van der Waals surface area contributed by atoms with Gasteiger partial charge in [-0.3, -0.25) is 4.79 Å². The van der Waals surface area contributed by atoms with Gasteiger partial charge in [0.1, 0.15) is 5.01 Å². The van der Waals surface area contributed by atoms with E-state index in [0.29, 0.717) is 34.5 Å². The molecule has 7 nitrogen and oxygen atoms in total. The molecule has 2 N–H and O–H groups in total. The molecule has 1 aliphatic heterocycles. The lowest BCUT2D eigenvalue weighted by Gasteiger charge is -2.31. The van der Waals surface area contributed by atoms with Crippen LogP contribution in [0.3, 0.4) is 0 Å². The van der Waals surface area contributed by atoms with E-state index in [-0.39, 0.29) is 17.9 Å². The van der Waals surface area contributed by atoms with E-state index in [1.807, 2.05) is 50.2 Å². The molecule has 3 aromatic rings. The van der Waals surface area contributed by atoms with Gasteiger partial charge in [-0.05, 0) is 56.5 Å². The second-order valence-corrected chi connectivity index (χ2v) is 9.38. The molecule has 3 amide bonds. The van der Waals surface area contributed by atoms with Crippen LogP contribution < -0.4 is 10.6 Å². The fourth-order valence-electron chi connectivity index (χ4n) is 3.59. The van der Waals surface area contributed by atoms with Crippen molar-refractivity contribution in [1.82, 2.24) is 15.1 Å². The minimum Gasteiger partial charge on any atom is -0.324 e. The van der Waals surface area contributed by atoms with Crippen LogP contribution in [0, 0.1) is 13.8 Å². The SMILES string of the molecule is Cc1ccc(NC(=O)c2nnc([C@@H]3CCCN(C(=O)Nc4ccc(C)cc4Cl)C3)s2)cc1. The molecule has 0 bridgehead atoms. The topological polar surface area (TPSA) is 87.2 Å². The molecule has 1 aliphatic rings. The summed E-state index contributed by atoms with van der Waals surface area (Å²) in [5.74, 6) is -0.238. The summed E-state index contributed by atoms with van der Waals surface area (Å²) in [4.78, 5) is 27.1. The Morgan fingerprint density at radius 3 is 2.56 bits per heavy atom. The van der Waals surface area contributed by atoms with E-state index in [2.05, 4.69) is 20.8 Å². The Morgan fingerprint density at radius 1 is 1.06 bits per heavy atom. The van der Waals surface area contributed by atoms with Gasteiger partial charge in [-0.2, -0.15) is 0 Å². The average molecular weight is 470 g/mol. The molecule has 0 radical (unpaired) electrons. The summed E-state index contributed by atoms with van der Waals surface area (Å²) in [5.41, 5.74) is 3.46. The van der Waals surface area contributed by atoms with Gasteiger partial charge in [0.2, 0.25) is 5.01 Å². The lowest BCUT2D eigenvalue weighted by atomic mass is 9.99. The molecular formula is C23H24ClN5O2S. The number of rotatable bonds is 4. The molecule has 1 fully saturated rings. The largest absolute Gasteiger partial charge is 0.324 e. The van der Waals surface area contributed by atoms with Crippen molar-refractivity contribution >= 4 is 46.3 Å². The van der Waals surface area contributed by atoms with Gasteiger partial charge in [-0.15, -0.1) is 10.2 Å². The Hall–Kier alpha value is -2.97. The molecule has 0 aliphatic carbocycles. The van der Waals surface area contributed by atoms with Crippen molar-refractivity contribution in [3.05, 3.63) is 68.6 Å². The summed E-state index contributed by atoms with van der Waals surface area (Å²) in [6.07, 6.45) is 1.74. The first-order valence-electron chi connectivity index (χ1n) is 10.4. The lowest BCUT2D eigenvalue weighted by molar-refractivity contribution is 0.102. The quantitative estimate of drug-likeness (QED) is 0.530. The van der Waals surface area contributed by atoms with Crippen molar-refractivity contribution in [2.24, 2.45) is 0 Å². The summed E-state index contributed by atoms with van der Waals surface area (Å²) in [6.45, 7) is 5.12. The highest BCUT2D eigenvalue weighted by Crippen LogP contribution is 2.30. The predicted molar refractivity (Wildman–Crippen MR) is 128 cm³/mol. The zero-order valence-electron chi connectivity index (χ0n) is 17.9. The lowest BCUT2D eigenvalue weighted by Crippen LogP contribution is -2.41. The maximum Gasteiger partial charge on any atom is 0.321 e. The zero-order chi connectivity index (χ0) is 22.7. The maximum absolute atomic E-state index is 12.8. The van der Waals surface area contributed by atoms with Gasteiger partial charge < -0.3 is 15.5 Å². The van der Waals surface area contributed by atoms with Gasteiger partial charge in [0, 0.05) is 24.7 Å². The summed E-state index contributed by atoms with van der Waals surface area (Å²) in [6, 6.07) is 12.9. The van der Waals surface area contributed by atoms with Crippen molar-refractivity contribution in [1.29, 1.82) is 0 Å². The Labute approximate surface area is 195 Å². The Kier molecular flexibility index (Phi) is 6.72. The highest BCUT2D eigenvalue weighted by molar-refractivity contribution is 7.13. The van der Waals surface area contributed by atoms with Gasteiger partial charge in [-0.1, -0.05) is 46.7 Å². The number of carbonyl (C=O) groups is 2. The summed E-state index contributed by atoms with van der Waals surface area (Å²) < 4.78 is 0. The standard InChI is InChI=1S/C23H24ClN5O2S/c1-14-5-8-17(9-6-14)25-20(30)22-28-27-21(32-22)16-4-3-11-29(13-16)23(31)26-19-10-7-15(2)12-18(19)24/h5-10,12,16H,3-4,11,13H2,1-2H3,(H,25,30)(H,26,31)/t16-/m1/s1. The van der Waals surface area contributed by atoms with Gasteiger partial charge in [0.15, 0.2) is 0 Å². The first-order valence-corrected chi connectivity index (χ1v) is 11.6. The first-order chi connectivity index (χ1) is 15.4. The number of amides is 3. The highest BCUT2D eigenvalue weighted by Gasteiger charge is 2.28. The van der Waals surface area contributed by atoms with Crippen LogP contribution in [0.4, 0.5) is 16.2 Å². The van der Waals surface area contributed by atoms with Crippen LogP contribution in [0.2, 0.25) is 5.02 Å². The third kappa shape index (κ3) is 5.26. The van der Waals surface area contributed by atoms with E-state index in [4.69, 9.17) is 11.6 Å². The number of aryl methyl sites for hydroxylation is 2. The molecule has 2 aromatic carbocycles. The van der Waals surface area contributed by atoms with Crippen LogP contribution in [0.25, 0.3) is 0 Å². The van der Waals surface area contributed by atoms with Gasteiger partial charge in [0.05, 0.1) is 10.7 Å². The smallest absolute Gasteiger partial charge is 0.321 e. The number of aromatic nitrogens is 2. The number of carbonyl (C=O) groups excluding carboxylic acids is 2. The first kappa shape index (κ1) is 22.2. The van der Waals surface area contributed by atoms with Crippen molar-refractivity contribution in [3.8, 4) is 0 Å².